The predicted octanol–water partition coefficient (Wildman–Crippen LogP) is 0.215. The van der Waals surface area contributed by atoms with Gasteiger partial charge in [-0.25, -0.2) is 0 Å². The maximum atomic E-state index is 11.4. The standard InChI is InChI=1S/C10H22N4O/c1-4-6-12-9(15)8(3)14-10(11)13-7-5-2/h8H,4-7H2,1-3H3,(H,12,15)(H3,11,13,14). The molecule has 0 saturated carbocycles. The summed E-state index contributed by atoms with van der Waals surface area (Å²) >= 11 is 0. The Morgan fingerprint density at radius 3 is 2.60 bits per heavy atom. The van der Waals surface area contributed by atoms with E-state index in [1.165, 1.54) is 0 Å². The smallest absolute Gasteiger partial charge is 0.242 e. The van der Waals surface area contributed by atoms with Gasteiger partial charge in [0, 0.05) is 13.1 Å². The average Bonchev–Trinajstić information content (AvgIpc) is 2.22. The molecule has 1 unspecified atom stereocenters. The molecule has 0 aromatic heterocycles. The summed E-state index contributed by atoms with van der Waals surface area (Å²) in [6, 6.07) is -0.336. The molecule has 0 heterocycles. The quantitative estimate of drug-likeness (QED) is 0.437. The Morgan fingerprint density at radius 2 is 2.07 bits per heavy atom. The third kappa shape index (κ3) is 6.76. The molecule has 0 aromatic rings. The molecule has 0 aromatic carbocycles. The van der Waals surface area contributed by atoms with Crippen molar-refractivity contribution in [2.24, 2.45) is 10.7 Å². The molecule has 0 fully saturated rings. The normalized spacial score (nSPS) is 13.4. The third-order valence-electron chi connectivity index (χ3n) is 1.81. The van der Waals surface area contributed by atoms with Crippen LogP contribution in [0.3, 0.4) is 0 Å². The number of aliphatic imine (C=N–C) groups is 1. The zero-order chi connectivity index (χ0) is 11.7. The van der Waals surface area contributed by atoms with Crippen LogP contribution >= 0.6 is 0 Å². The van der Waals surface area contributed by atoms with Gasteiger partial charge in [0.2, 0.25) is 5.91 Å². The SMILES string of the molecule is CCCN=C(N)NC(C)C(=O)NCCC. The van der Waals surface area contributed by atoms with E-state index in [2.05, 4.69) is 15.6 Å². The maximum Gasteiger partial charge on any atom is 0.242 e. The lowest BCUT2D eigenvalue weighted by atomic mass is 10.3. The molecule has 0 spiro atoms. The van der Waals surface area contributed by atoms with Crippen molar-refractivity contribution in [1.82, 2.24) is 10.6 Å². The van der Waals surface area contributed by atoms with Gasteiger partial charge in [-0.05, 0) is 19.8 Å². The Kier molecular flexibility index (Phi) is 7.40. The van der Waals surface area contributed by atoms with Crippen molar-refractivity contribution in [2.45, 2.75) is 39.7 Å². The fourth-order valence-electron chi connectivity index (χ4n) is 0.967. The highest BCUT2D eigenvalue weighted by molar-refractivity contribution is 5.87. The number of hydrogen-bond acceptors (Lipinski definition) is 2. The fraction of sp³-hybridized carbons (Fsp3) is 0.800. The predicted molar refractivity (Wildman–Crippen MR) is 62.7 cm³/mol. The highest BCUT2D eigenvalue weighted by atomic mass is 16.2. The number of nitrogens with two attached hydrogens (primary N) is 1. The molecule has 0 radical (unpaired) electrons. The van der Waals surface area contributed by atoms with Crippen LogP contribution in [0.1, 0.15) is 33.6 Å². The van der Waals surface area contributed by atoms with Crippen molar-refractivity contribution in [1.29, 1.82) is 0 Å². The van der Waals surface area contributed by atoms with Crippen LogP contribution in [0.15, 0.2) is 4.99 Å². The Balaban J connectivity index is 3.89. The van der Waals surface area contributed by atoms with Gasteiger partial charge in [0.1, 0.15) is 6.04 Å². The van der Waals surface area contributed by atoms with Crippen LogP contribution in [0.25, 0.3) is 0 Å². The second kappa shape index (κ2) is 8.08. The lowest BCUT2D eigenvalue weighted by Crippen LogP contribution is -2.47. The molecule has 0 saturated heterocycles. The van der Waals surface area contributed by atoms with Crippen molar-refractivity contribution in [2.75, 3.05) is 13.1 Å². The minimum absolute atomic E-state index is 0.0495. The molecule has 5 heteroatoms. The van der Waals surface area contributed by atoms with E-state index < -0.39 is 0 Å². The van der Waals surface area contributed by atoms with Crippen LogP contribution in [0.2, 0.25) is 0 Å². The molecule has 1 atom stereocenters. The van der Waals surface area contributed by atoms with Crippen LogP contribution in [0.4, 0.5) is 0 Å². The van der Waals surface area contributed by atoms with Gasteiger partial charge in [-0.2, -0.15) is 0 Å². The molecule has 4 N–H and O–H groups in total. The zero-order valence-electron chi connectivity index (χ0n) is 9.84. The average molecular weight is 214 g/mol. The molecule has 5 nitrogen and oxygen atoms in total. The molecule has 0 bridgehead atoms. The van der Waals surface area contributed by atoms with Crippen LogP contribution < -0.4 is 16.4 Å². The molecular formula is C10H22N4O. The molecule has 0 aliphatic heterocycles. The van der Waals surface area contributed by atoms with E-state index in [-0.39, 0.29) is 11.9 Å². The first-order chi connectivity index (χ1) is 7.11. The summed E-state index contributed by atoms with van der Waals surface area (Å²) in [5.41, 5.74) is 5.59. The number of carbonyl (C=O) groups is 1. The summed E-state index contributed by atoms with van der Waals surface area (Å²) in [6.45, 7) is 7.17. The highest BCUT2D eigenvalue weighted by Gasteiger charge is 2.11. The molecule has 0 aliphatic rings. The van der Waals surface area contributed by atoms with E-state index in [0.29, 0.717) is 19.0 Å². The molecule has 88 valence electrons. The fourth-order valence-corrected chi connectivity index (χ4v) is 0.967. The number of amides is 1. The molecule has 0 rings (SSSR count). The van der Waals surface area contributed by atoms with Crippen molar-refractivity contribution in [3.63, 3.8) is 0 Å². The van der Waals surface area contributed by atoms with E-state index in [1.807, 2.05) is 13.8 Å². The first kappa shape index (κ1) is 13.7. The van der Waals surface area contributed by atoms with Crippen LogP contribution in [-0.4, -0.2) is 31.0 Å². The lowest BCUT2D eigenvalue weighted by Gasteiger charge is -2.14. The minimum Gasteiger partial charge on any atom is -0.370 e. The Hall–Kier alpha value is -1.26. The minimum atomic E-state index is -0.336. The maximum absolute atomic E-state index is 11.4. The summed E-state index contributed by atoms with van der Waals surface area (Å²) in [4.78, 5) is 15.5. The number of guanidine groups is 1. The third-order valence-corrected chi connectivity index (χ3v) is 1.81. The van der Waals surface area contributed by atoms with E-state index >= 15 is 0 Å². The van der Waals surface area contributed by atoms with Crippen LogP contribution in [0, 0.1) is 0 Å². The summed E-state index contributed by atoms with van der Waals surface area (Å²) in [5.74, 6) is 0.280. The Labute approximate surface area is 91.5 Å². The molecule has 15 heavy (non-hydrogen) atoms. The van der Waals surface area contributed by atoms with E-state index in [4.69, 9.17) is 5.73 Å². The van der Waals surface area contributed by atoms with Crippen molar-refractivity contribution in [3.8, 4) is 0 Å². The first-order valence-corrected chi connectivity index (χ1v) is 5.46. The zero-order valence-corrected chi connectivity index (χ0v) is 9.84. The second-order valence-corrected chi connectivity index (χ2v) is 3.42. The highest BCUT2D eigenvalue weighted by Crippen LogP contribution is 1.83. The lowest BCUT2D eigenvalue weighted by molar-refractivity contribution is -0.122. The monoisotopic (exact) mass is 214 g/mol. The van der Waals surface area contributed by atoms with Gasteiger partial charge in [0.15, 0.2) is 5.96 Å². The Morgan fingerprint density at radius 1 is 1.40 bits per heavy atom. The Bertz CT molecular complexity index is 215. The van der Waals surface area contributed by atoms with E-state index in [0.717, 1.165) is 12.8 Å². The van der Waals surface area contributed by atoms with E-state index in [9.17, 15) is 4.79 Å². The second-order valence-electron chi connectivity index (χ2n) is 3.42. The van der Waals surface area contributed by atoms with Crippen LogP contribution in [0.5, 0.6) is 0 Å². The molecule has 0 aliphatic carbocycles. The number of nitrogens with zero attached hydrogens (tertiary/aromatic N) is 1. The largest absolute Gasteiger partial charge is 0.370 e. The van der Waals surface area contributed by atoms with Gasteiger partial charge in [-0.3, -0.25) is 9.79 Å². The summed E-state index contributed by atoms with van der Waals surface area (Å²) in [7, 11) is 0. The molecule has 1 amide bonds. The van der Waals surface area contributed by atoms with Crippen molar-refractivity contribution < 1.29 is 4.79 Å². The van der Waals surface area contributed by atoms with Gasteiger partial charge in [0.25, 0.3) is 0 Å². The summed E-state index contributed by atoms with van der Waals surface area (Å²) in [6.07, 6.45) is 1.87. The summed E-state index contributed by atoms with van der Waals surface area (Å²) < 4.78 is 0. The van der Waals surface area contributed by atoms with E-state index in [1.54, 1.807) is 6.92 Å². The number of carbonyl (C=O) groups excluding carboxylic acids is 1. The molecular weight excluding hydrogens is 192 g/mol. The van der Waals surface area contributed by atoms with Crippen molar-refractivity contribution >= 4 is 11.9 Å². The van der Waals surface area contributed by atoms with Crippen molar-refractivity contribution in [3.05, 3.63) is 0 Å². The van der Waals surface area contributed by atoms with Gasteiger partial charge in [-0.15, -0.1) is 0 Å². The van der Waals surface area contributed by atoms with Gasteiger partial charge < -0.3 is 16.4 Å². The number of nitrogens with one attached hydrogen (secondary N) is 2. The van der Waals surface area contributed by atoms with Gasteiger partial charge in [0.05, 0.1) is 0 Å². The number of hydrogen-bond donors (Lipinski definition) is 3. The summed E-state index contributed by atoms with van der Waals surface area (Å²) in [5, 5.41) is 5.62. The first-order valence-electron chi connectivity index (χ1n) is 5.46. The number of rotatable bonds is 6. The van der Waals surface area contributed by atoms with Crippen LogP contribution in [-0.2, 0) is 4.79 Å². The van der Waals surface area contributed by atoms with Gasteiger partial charge >= 0.3 is 0 Å². The van der Waals surface area contributed by atoms with Gasteiger partial charge in [-0.1, -0.05) is 13.8 Å². The topological polar surface area (TPSA) is 79.5 Å².